The van der Waals surface area contributed by atoms with Crippen molar-refractivity contribution in [3.63, 3.8) is 0 Å². The fourth-order valence-electron chi connectivity index (χ4n) is 2.15. The molecule has 0 aromatic heterocycles. The standard InChI is InChI=1S/C18H22N2OS.ClH/c1-14-3-2-4-16(11-14)12-22-13-18(21)20-10-9-15-5-7-17(19)8-6-15;/h2-8,11H,9-10,12-13,19H2,1H3,(H,20,21);1H. The molecule has 1 amide bonds. The summed E-state index contributed by atoms with van der Waals surface area (Å²) >= 11 is 1.64. The van der Waals surface area contributed by atoms with Crippen LogP contribution in [0, 0.1) is 6.92 Å². The number of halogens is 1. The van der Waals surface area contributed by atoms with Gasteiger partial charge in [0.15, 0.2) is 0 Å². The summed E-state index contributed by atoms with van der Waals surface area (Å²) in [6.45, 7) is 2.74. The van der Waals surface area contributed by atoms with E-state index in [-0.39, 0.29) is 18.3 Å². The van der Waals surface area contributed by atoms with Crippen LogP contribution in [-0.2, 0) is 17.0 Å². The van der Waals surface area contributed by atoms with E-state index in [1.54, 1.807) is 11.8 Å². The molecule has 0 radical (unpaired) electrons. The first-order chi connectivity index (χ1) is 10.6. The molecule has 124 valence electrons. The zero-order chi connectivity index (χ0) is 15.8. The van der Waals surface area contributed by atoms with E-state index in [9.17, 15) is 4.79 Å². The Morgan fingerprint density at radius 2 is 1.87 bits per heavy atom. The number of benzene rings is 2. The van der Waals surface area contributed by atoms with Crippen LogP contribution >= 0.6 is 24.2 Å². The minimum Gasteiger partial charge on any atom is -0.399 e. The highest BCUT2D eigenvalue weighted by Crippen LogP contribution is 2.13. The lowest BCUT2D eigenvalue weighted by Crippen LogP contribution is -2.27. The lowest BCUT2D eigenvalue weighted by molar-refractivity contribution is -0.118. The highest BCUT2D eigenvalue weighted by atomic mass is 35.5. The van der Waals surface area contributed by atoms with E-state index in [2.05, 4.69) is 36.5 Å². The van der Waals surface area contributed by atoms with Gasteiger partial charge in [-0.3, -0.25) is 4.79 Å². The quantitative estimate of drug-likeness (QED) is 0.750. The van der Waals surface area contributed by atoms with Gasteiger partial charge in [-0.2, -0.15) is 0 Å². The van der Waals surface area contributed by atoms with Gasteiger partial charge in [-0.1, -0.05) is 42.0 Å². The molecule has 0 aliphatic heterocycles. The Bertz CT molecular complexity index is 617. The van der Waals surface area contributed by atoms with E-state index in [0.29, 0.717) is 12.3 Å². The van der Waals surface area contributed by atoms with Crippen molar-refractivity contribution >= 4 is 35.8 Å². The molecule has 0 spiro atoms. The van der Waals surface area contributed by atoms with Crippen molar-refractivity contribution in [1.29, 1.82) is 0 Å². The molecule has 0 bridgehead atoms. The Morgan fingerprint density at radius 3 is 2.57 bits per heavy atom. The summed E-state index contributed by atoms with van der Waals surface area (Å²) in [6.07, 6.45) is 0.828. The molecular weight excluding hydrogens is 328 g/mol. The Hall–Kier alpha value is -1.65. The second-order valence-electron chi connectivity index (χ2n) is 5.32. The Labute approximate surface area is 148 Å². The van der Waals surface area contributed by atoms with Gasteiger partial charge in [0.25, 0.3) is 0 Å². The van der Waals surface area contributed by atoms with Crippen molar-refractivity contribution in [3.8, 4) is 0 Å². The summed E-state index contributed by atoms with van der Waals surface area (Å²) in [5.41, 5.74) is 10.1. The number of rotatable bonds is 7. The molecule has 0 saturated heterocycles. The molecule has 0 atom stereocenters. The van der Waals surface area contributed by atoms with Crippen LogP contribution in [-0.4, -0.2) is 18.2 Å². The van der Waals surface area contributed by atoms with Crippen molar-refractivity contribution in [1.82, 2.24) is 5.32 Å². The van der Waals surface area contributed by atoms with Crippen molar-refractivity contribution in [2.24, 2.45) is 0 Å². The maximum absolute atomic E-state index is 11.8. The SMILES string of the molecule is Cc1cccc(CSCC(=O)NCCc2ccc(N)cc2)c1.Cl. The molecule has 0 aliphatic carbocycles. The van der Waals surface area contributed by atoms with Gasteiger partial charge < -0.3 is 11.1 Å². The zero-order valence-electron chi connectivity index (χ0n) is 13.2. The molecular formula is C18H23ClN2OS. The Balaban J connectivity index is 0.00000264. The van der Waals surface area contributed by atoms with Gasteiger partial charge in [0.2, 0.25) is 5.91 Å². The Morgan fingerprint density at radius 1 is 1.13 bits per heavy atom. The summed E-state index contributed by atoms with van der Waals surface area (Å²) in [4.78, 5) is 11.8. The number of hydrogen-bond acceptors (Lipinski definition) is 3. The van der Waals surface area contributed by atoms with Crippen LogP contribution in [0.2, 0.25) is 0 Å². The number of nitrogens with two attached hydrogens (primary N) is 1. The number of anilines is 1. The first kappa shape index (κ1) is 19.4. The van der Waals surface area contributed by atoms with Crippen molar-refractivity contribution in [2.45, 2.75) is 19.1 Å². The normalized spacial score (nSPS) is 9.96. The molecule has 0 fully saturated rings. The smallest absolute Gasteiger partial charge is 0.230 e. The van der Waals surface area contributed by atoms with Crippen LogP contribution in [0.4, 0.5) is 5.69 Å². The van der Waals surface area contributed by atoms with Crippen LogP contribution in [0.15, 0.2) is 48.5 Å². The minimum atomic E-state index is 0. The van der Waals surface area contributed by atoms with E-state index in [1.807, 2.05) is 24.3 Å². The number of thioether (sulfide) groups is 1. The molecule has 0 aliphatic rings. The fraction of sp³-hybridized carbons (Fsp3) is 0.278. The molecule has 5 heteroatoms. The summed E-state index contributed by atoms with van der Waals surface area (Å²) in [6, 6.07) is 16.1. The third kappa shape index (κ3) is 7.44. The van der Waals surface area contributed by atoms with Crippen molar-refractivity contribution < 1.29 is 4.79 Å². The van der Waals surface area contributed by atoms with E-state index in [0.717, 1.165) is 17.9 Å². The maximum atomic E-state index is 11.8. The number of amides is 1. The average molecular weight is 351 g/mol. The first-order valence-electron chi connectivity index (χ1n) is 7.38. The lowest BCUT2D eigenvalue weighted by Gasteiger charge is -2.06. The van der Waals surface area contributed by atoms with E-state index in [4.69, 9.17) is 5.73 Å². The molecule has 3 nitrogen and oxygen atoms in total. The summed E-state index contributed by atoms with van der Waals surface area (Å²) in [5, 5.41) is 2.95. The predicted octanol–water partition coefficient (Wildman–Crippen LogP) is 3.59. The Kier molecular flexibility index (Phi) is 8.59. The number of nitrogens with one attached hydrogen (secondary N) is 1. The summed E-state index contributed by atoms with van der Waals surface area (Å²) in [5.74, 6) is 1.45. The summed E-state index contributed by atoms with van der Waals surface area (Å²) < 4.78 is 0. The minimum absolute atomic E-state index is 0. The van der Waals surface area contributed by atoms with Gasteiger partial charge in [-0.15, -0.1) is 24.2 Å². The topological polar surface area (TPSA) is 55.1 Å². The van der Waals surface area contributed by atoms with E-state index >= 15 is 0 Å². The molecule has 23 heavy (non-hydrogen) atoms. The number of hydrogen-bond donors (Lipinski definition) is 2. The molecule has 0 saturated carbocycles. The van der Waals surface area contributed by atoms with Gasteiger partial charge in [0.1, 0.15) is 0 Å². The van der Waals surface area contributed by atoms with Crippen LogP contribution in [0.1, 0.15) is 16.7 Å². The highest BCUT2D eigenvalue weighted by Gasteiger charge is 2.02. The highest BCUT2D eigenvalue weighted by molar-refractivity contribution is 7.99. The van der Waals surface area contributed by atoms with Gasteiger partial charge >= 0.3 is 0 Å². The third-order valence-electron chi connectivity index (χ3n) is 3.30. The second kappa shape index (κ2) is 10.2. The third-order valence-corrected chi connectivity index (χ3v) is 4.30. The van der Waals surface area contributed by atoms with Crippen molar-refractivity contribution in [2.75, 3.05) is 18.0 Å². The van der Waals surface area contributed by atoms with Crippen molar-refractivity contribution in [3.05, 3.63) is 65.2 Å². The lowest BCUT2D eigenvalue weighted by atomic mass is 10.1. The largest absolute Gasteiger partial charge is 0.399 e. The average Bonchev–Trinajstić information content (AvgIpc) is 2.49. The second-order valence-corrected chi connectivity index (χ2v) is 6.31. The molecule has 3 N–H and O–H groups in total. The first-order valence-corrected chi connectivity index (χ1v) is 8.53. The van der Waals surface area contributed by atoms with Crippen LogP contribution in [0.25, 0.3) is 0 Å². The maximum Gasteiger partial charge on any atom is 0.230 e. The van der Waals surface area contributed by atoms with Gasteiger partial charge in [0, 0.05) is 18.0 Å². The number of aryl methyl sites for hydroxylation is 1. The zero-order valence-corrected chi connectivity index (χ0v) is 14.9. The predicted molar refractivity (Wildman–Crippen MR) is 102 cm³/mol. The molecule has 2 rings (SSSR count). The number of carbonyl (C=O) groups is 1. The monoisotopic (exact) mass is 350 g/mol. The molecule has 2 aromatic rings. The van der Waals surface area contributed by atoms with E-state index < -0.39 is 0 Å². The van der Waals surface area contributed by atoms with Gasteiger partial charge in [0.05, 0.1) is 5.75 Å². The summed E-state index contributed by atoms with van der Waals surface area (Å²) in [7, 11) is 0. The molecule has 2 aromatic carbocycles. The molecule has 0 unspecified atom stereocenters. The molecule has 0 heterocycles. The van der Waals surface area contributed by atoms with Gasteiger partial charge in [-0.05, 0) is 36.6 Å². The van der Waals surface area contributed by atoms with Gasteiger partial charge in [-0.25, -0.2) is 0 Å². The van der Waals surface area contributed by atoms with Crippen LogP contribution in [0.3, 0.4) is 0 Å². The van der Waals surface area contributed by atoms with Crippen LogP contribution < -0.4 is 11.1 Å². The van der Waals surface area contributed by atoms with E-state index in [1.165, 1.54) is 16.7 Å². The van der Waals surface area contributed by atoms with Crippen LogP contribution in [0.5, 0.6) is 0 Å². The number of carbonyl (C=O) groups excluding carboxylic acids is 1. The number of nitrogen functional groups attached to an aromatic ring is 1. The fourth-order valence-corrected chi connectivity index (χ4v) is 2.95.